The number of benzene rings is 1. The highest BCUT2D eigenvalue weighted by Crippen LogP contribution is 2.26. The van der Waals surface area contributed by atoms with Crippen LogP contribution in [0, 0.1) is 5.92 Å². The molecule has 0 radical (unpaired) electrons. The molecule has 1 amide bonds. The first-order chi connectivity index (χ1) is 8.61. The van der Waals surface area contributed by atoms with Crippen molar-refractivity contribution in [3.63, 3.8) is 0 Å². The summed E-state index contributed by atoms with van der Waals surface area (Å²) in [6, 6.07) is 5.20. The second kappa shape index (κ2) is 5.27. The maximum atomic E-state index is 12.0. The molecule has 0 spiro atoms. The van der Waals surface area contributed by atoms with Crippen LogP contribution in [-0.4, -0.2) is 25.7 Å². The molecule has 0 bridgehead atoms. The Bertz CT molecular complexity index is 448. The van der Waals surface area contributed by atoms with E-state index in [1.165, 1.54) is 0 Å². The minimum absolute atomic E-state index is 0.0235. The molecule has 18 heavy (non-hydrogen) atoms. The number of carbonyl (C=O) groups excluding carboxylic acids is 1. The first kappa shape index (κ1) is 12.7. The van der Waals surface area contributed by atoms with Crippen LogP contribution in [0.4, 0.5) is 11.4 Å². The van der Waals surface area contributed by atoms with Crippen LogP contribution in [0.3, 0.4) is 0 Å². The molecule has 1 aromatic rings. The summed E-state index contributed by atoms with van der Waals surface area (Å²) in [5.41, 5.74) is 6.97. The Hall–Kier alpha value is -1.75. The van der Waals surface area contributed by atoms with Gasteiger partial charge < -0.3 is 20.5 Å². The fraction of sp³-hybridized carbons (Fsp3) is 0.462. The van der Waals surface area contributed by atoms with E-state index < -0.39 is 0 Å². The number of nitrogens with one attached hydrogen (secondary N) is 1. The Morgan fingerprint density at radius 1 is 1.56 bits per heavy atom. The van der Waals surface area contributed by atoms with Gasteiger partial charge in [0.15, 0.2) is 0 Å². The van der Waals surface area contributed by atoms with Gasteiger partial charge in [-0.1, -0.05) is 0 Å². The van der Waals surface area contributed by atoms with Crippen molar-refractivity contribution in [2.45, 2.75) is 19.4 Å². The molecule has 1 fully saturated rings. The highest BCUT2D eigenvalue weighted by molar-refractivity contribution is 5.93. The van der Waals surface area contributed by atoms with E-state index >= 15 is 0 Å². The largest absolute Gasteiger partial charge is 0.495 e. The zero-order valence-corrected chi connectivity index (χ0v) is 10.6. The zero-order valence-electron chi connectivity index (χ0n) is 10.6. The highest BCUT2D eigenvalue weighted by atomic mass is 16.5. The highest BCUT2D eigenvalue weighted by Gasteiger charge is 2.30. The molecule has 0 saturated carbocycles. The van der Waals surface area contributed by atoms with Gasteiger partial charge in [-0.15, -0.1) is 0 Å². The van der Waals surface area contributed by atoms with Crippen molar-refractivity contribution in [3.8, 4) is 5.75 Å². The predicted octanol–water partition coefficient (Wildman–Crippen LogP) is 1.64. The minimum Gasteiger partial charge on any atom is -0.495 e. The van der Waals surface area contributed by atoms with Crippen molar-refractivity contribution in [2.75, 3.05) is 24.8 Å². The van der Waals surface area contributed by atoms with Crippen LogP contribution in [0.5, 0.6) is 5.75 Å². The molecule has 3 N–H and O–H groups in total. The quantitative estimate of drug-likeness (QED) is 0.800. The number of ether oxygens (including phenoxy) is 2. The number of carbonyl (C=O) groups is 1. The monoisotopic (exact) mass is 250 g/mol. The Labute approximate surface area is 106 Å². The molecule has 5 nitrogen and oxygen atoms in total. The van der Waals surface area contributed by atoms with Crippen LogP contribution < -0.4 is 15.8 Å². The van der Waals surface area contributed by atoms with Crippen molar-refractivity contribution in [1.29, 1.82) is 0 Å². The van der Waals surface area contributed by atoms with Gasteiger partial charge in [0.2, 0.25) is 5.91 Å². The zero-order chi connectivity index (χ0) is 13.1. The Balaban J connectivity index is 2.05. The maximum absolute atomic E-state index is 12.0. The average Bonchev–Trinajstić information content (AvgIpc) is 2.76. The molecule has 5 heteroatoms. The number of hydrogen-bond donors (Lipinski definition) is 2. The van der Waals surface area contributed by atoms with Crippen LogP contribution in [-0.2, 0) is 9.53 Å². The lowest BCUT2D eigenvalue weighted by Gasteiger charge is -2.14. The molecular formula is C13H18N2O3. The summed E-state index contributed by atoms with van der Waals surface area (Å²) in [5, 5.41) is 2.85. The molecular weight excluding hydrogens is 232 g/mol. The van der Waals surface area contributed by atoms with Crippen LogP contribution in [0.15, 0.2) is 18.2 Å². The molecule has 1 aromatic carbocycles. The third-order valence-corrected chi connectivity index (χ3v) is 3.21. The first-order valence-electron chi connectivity index (χ1n) is 5.98. The second-order valence-corrected chi connectivity index (χ2v) is 4.42. The van der Waals surface area contributed by atoms with E-state index in [0.29, 0.717) is 23.7 Å². The van der Waals surface area contributed by atoms with E-state index in [9.17, 15) is 4.79 Å². The third kappa shape index (κ3) is 2.56. The molecule has 1 heterocycles. The van der Waals surface area contributed by atoms with Crippen LogP contribution in [0.1, 0.15) is 13.3 Å². The summed E-state index contributed by atoms with van der Waals surface area (Å²) in [6.45, 7) is 2.56. The molecule has 2 unspecified atom stereocenters. The lowest BCUT2D eigenvalue weighted by molar-refractivity contribution is -0.121. The molecule has 98 valence electrons. The third-order valence-electron chi connectivity index (χ3n) is 3.21. The molecule has 1 aliphatic rings. The average molecular weight is 250 g/mol. The summed E-state index contributed by atoms with van der Waals surface area (Å²) >= 11 is 0. The Morgan fingerprint density at radius 3 is 2.89 bits per heavy atom. The van der Waals surface area contributed by atoms with E-state index in [4.69, 9.17) is 15.2 Å². The van der Waals surface area contributed by atoms with Crippen molar-refractivity contribution in [3.05, 3.63) is 18.2 Å². The molecule has 1 aliphatic heterocycles. The molecule has 0 aromatic heterocycles. The van der Waals surface area contributed by atoms with Gasteiger partial charge in [0.05, 0.1) is 24.8 Å². The molecule has 2 rings (SSSR count). The van der Waals surface area contributed by atoms with Gasteiger partial charge in [0.1, 0.15) is 5.75 Å². The van der Waals surface area contributed by atoms with Gasteiger partial charge in [0, 0.05) is 12.3 Å². The summed E-state index contributed by atoms with van der Waals surface area (Å²) in [4.78, 5) is 12.0. The first-order valence-corrected chi connectivity index (χ1v) is 5.98. The van der Waals surface area contributed by atoms with E-state index in [2.05, 4.69) is 5.32 Å². The lowest BCUT2D eigenvalue weighted by Crippen LogP contribution is -2.27. The van der Waals surface area contributed by atoms with E-state index in [-0.39, 0.29) is 17.9 Å². The molecule has 0 aliphatic carbocycles. The lowest BCUT2D eigenvalue weighted by atomic mass is 10.0. The van der Waals surface area contributed by atoms with Crippen molar-refractivity contribution in [2.24, 2.45) is 5.92 Å². The van der Waals surface area contributed by atoms with E-state index in [0.717, 1.165) is 6.42 Å². The Morgan fingerprint density at radius 2 is 2.33 bits per heavy atom. The number of nitrogen functional groups attached to an aromatic ring is 1. The normalized spacial score (nSPS) is 22.8. The summed E-state index contributed by atoms with van der Waals surface area (Å²) in [7, 11) is 1.56. The number of hydrogen-bond acceptors (Lipinski definition) is 4. The fourth-order valence-electron chi connectivity index (χ4n) is 2.12. The van der Waals surface area contributed by atoms with E-state index in [1.807, 2.05) is 6.92 Å². The summed E-state index contributed by atoms with van der Waals surface area (Å²) in [5.74, 6) is 0.489. The second-order valence-electron chi connectivity index (χ2n) is 4.42. The SMILES string of the molecule is COc1ccc(NC(=O)C2CCOC2C)cc1N. The Kier molecular flexibility index (Phi) is 3.72. The van der Waals surface area contributed by atoms with Crippen molar-refractivity contribution in [1.82, 2.24) is 0 Å². The summed E-state index contributed by atoms with van der Waals surface area (Å²) in [6.07, 6.45) is 0.735. The van der Waals surface area contributed by atoms with Gasteiger partial charge >= 0.3 is 0 Å². The molecule has 1 saturated heterocycles. The van der Waals surface area contributed by atoms with Gasteiger partial charge in [-0.05, 0) is 31.5 Å². The number of methoxy groups -OCH3 is 1. The van der Waals surface area contributed by atoms with Gasteiger partial charge in [0.25, 0.3) is 0 Å². The predicted molar refractivity (Wildman–Crippen MR) is 69.6 cm³/mol. The van der Waals surface area contributed by atoms with Gasteiger partial charge in [-0.25, -0.2) is 0 Å². The number of nitrogens with two attached hydrogens (primary N) is 1. The van der Waals surface area contributed by atoms with Crippen LogP contribution >= 0.6 is 0 Å². The van der Waals surface area contributed by atoms with Crippen LogP contribution in [0.2, 0.25) is 0 Å². The van der Waals surface area contributed by atoms with Gasteiger partial charge in [-0.3, -0.25) is 4.79 Å². The van der Waals surface area contributed by atoms with Gasteiger partial charge in [-0.2, -0.15) is 0 Å². The number of anilines is 2. The van der Waals surface area contributed by atoms with Crippen molar-refractivity contribution < 1.29 is 14.3 Å². The summed E-state index contributed by atoms with van der Waals surface area (Å²) < 4.78 is 10.4. The number of amides is 1. The van der Waals surface area contributed by atoms with Crippen LogP contribution in [0.25, 0.3) is 0 Å². The number of rotatable bonds is 3. The topological polar surface area (TPSA) is 73.6 Å². The standard InChI is InChI=1S/C13H18N2O3/c1-8-10(5-6-18-8)13(16)15-9-3-4-12(17-2)11(14)7-9/h3-4,7-8,10H,5-6,14H2,1-2H3,(H,15,16). The fourth-order valence-corrected chi connectivity index (χ4v) is 2.12. The minimum atomic E-state index is -0.0895. The van der Waals surface area contributed by atoms with E-state index in [1.54, 1.807) is 25.3 Å². The maximum Gasteiger partial charge on any atom is 0.230 e. The molecule has 2 atom stereocenters. The smallest absolute Gasteiger partial charge is 0.230 e. The van der Waals surface area contributed by atoms with Crippen molar-refractivity contribution >= 4 is 17.3 Å².